The number of rotatable bonds is 6. The molecular weight excluding hydrogens is 376 g/mol. The minimum absolute atomic E-state index is 0.00980. The smallest absolute Gasteiger partial charge is 0.283 e. The zero-order valence-corrected chi connectivity index (χ0v) is 17.6. The van der Waals surface area contributed by atoms with Gasteiger partial charge in [0.2, 0.25) is 0 Å². The third-order valence-corrected chi connectivity index (χ3v) is 6.09. The number of carbonyl (C=O) groups is 1. The molecule has 0 radical (unpaired) electrons. The van der Waals surface area contributed by atoms with Crippen LogP contribution in [0.25, 0.3) is 0 Å². The van der Waals surface area contributed by atoms with Crippen molar-refractivity contribution in [2.24, 2.45) is 0 Å². The number of carbonyl (C=O) groups excluding carboxylic acids is 1. The maximum atomic E-state index is 12.7. The van der Waals surface area contributed by atoms with E-state index in [1.165, 1.54) is 16.0 Å². The van der Waals surface area contributed by atoms with Crippen LogP contribution in [0.5, 0.6) is 0 Å². The number of aromatic nitrogens is 1. The maximum absolute atomic E-state index is 12.7. The summed E-state index contributed by atoms with van der Waals surface area (Å²) in [6.45, 7) is 7.76. The average molecular weight is 407 g/mol. The molecule has 6 nitrogen and oxygen atoms in total. The molecule has 0 spiro atoms. The summed E-state index contributed by atoms with van der Waals surface area (Å²) in [6.07, 6.45) is 0. The molecule has 1 saturated heterocycles. The van der Waals surface area contributed by atoms with Gasteiger partial charge in [0.25, 0.3) is 5.91 Å². The lowest BCUT2D eigenvalue weighted by atomic mass is 9.96. The Morgan fingerprint density at radius 1 is 0.933 bits per heavy atom. The molecule has 2 heterocycles. The summed E-state index contributed by atoms with van der Waals surface area (Å²) < 4.78 is 5.04. The van der Waals surface area contributed by atoms with Crippen LogP contribution >= 0.6 is 0 Å². The Hall–Kier alpha value is -2.96. The molecule has 4 rings (SSSR count). The Kier molecular flexibility index (Phi) is 6.26. The summed E-state index contributed by atoms with van der Waals surface area (Å²) in [5.74, 6) is 1.17. The summed E-state index contributed by atoms with van der Waals surface area (Å²) in [7, 11) is 0. The number of nitrogens with zero attached hydrogens (tertiary/aromatic N) is 1. The molecule has 0 bridgehead atoms. The van der Waals surface area contributed by atoms with Gasteiger partial charge in [0.1, 0.15) is 38.0 Å². The third kappa shape index (κ3) is 4.61. The van der Waals surface area contributed by atoms with Gasteiger partial charge in [0.05, 0.1) is 0 Å². The molecule has 1 fully saturated rings. The third-order valence-electron chi connectivity index (χ3n) is 6.09. The molecule has 1 aromatic heterocycles. The summed E-state index contributed by atoms with van der Waals surface area (Å²) in [6, 6.07) is 23.4. The van der Waals surface area contributed by atoms with Gasteiger partial charge >= 0.3 is 0 Å². The number of amides is 1. The minimum Gasteiger partial charge on any atom is -0.360 e. The first-order valence-electron chi connectivity index (χ1n) is 10.6. The van der Waals surface area contributed by atoms with Gasteiger partial charge < -0.3 is 19.6 Å². The van der Waals surface area contributed by atoms with Gasteiger partial charge in [-0.3, -0.25) is 4.79 Å². The Morgan fingerprint density at radius 2 is 1.47 bits per heavy atom. The van der Waals surface area contributed by atoms with Gasteiger partial charge in [-0.2, -0.15) is 0 Å². The number of anilines is 1. The van der Waals surface area contributed by atoms with Gasteiger partial charge in [-0.25, -0.2) is 0 Å². The molecule has 30 heavy (non-hydrogen) atoms. The van der Waals surface area contributed by atoms with Crippen molar-refractivity contribution in [3.63, 3.8) is 0 Å². The van der Waals surface area contributed by atoms with Crippen molar-refractivity contribution in [3.05, 3.63) is 83.6 Å². The summed E-state index contributed by atoms with van der Waals surface area (Å²) in [5.41, 5.74) is 2.68. The van der Waals surface area contributed by atoms with Crippen molar-refractivity contribution in [1.82, 2.24) is 5.16 Å². The number of quaternary nitrogens is 2. The monoisotopic (exact) mass is 406 g/mol. The fraction of sp³-hybridized carbons (Fsp3) is 0.333. The van der Waals surface area contributed by atoms with Gasteiger partial charge in [0.15, 0.2) is 11.9 Å². The van der Waals surface area contributed by atoms with Crippen LogP contribution in [0.3, 0.4) is 0 Å². The molecular formula is C24H30N4O2+2. The van der Waals surface area contributed by atoms with Crippen molar-refractivity contribution >= 4 is 11.7 Å². The Bertz CT molecular complexity index is 910. The Balaban J connectivity index is 1.42. The quantitative estimate of drug-likeness (QED) is 0.570. The highest BCUT2D eigenvalue weighted by Gasteiger charge is 2.35. The van der Waals surface area contributed by atoms with Crippen LogP contribution in [-0.4, -0.2) is 43.3 Å². The highest BCUT2D eigenvalue weighted by molar-refractivity contribution is 5.92. The molecule has 3 aromatic rings. The second-order valence-corrected chi connectivity index (χ2v) is 8.10. The fourth-order valence-corrected chi connectivity index (χ4v) is 4.41. The molecule has 6 heteroatoms. The number of hydrogen-bond donors (Lipinski definition) is 3. The van der Waals surface area contributed by atoms with Crippen LogP contribution in [0.15, 0.2) is 71.3 Å². The van der Waals surface area contributed by atoms with E-state index in [1.54, 1.807) is 11.0 Å². The SMILES string of the molecule is Cc1cc(NC(=O)[C@H](C)[NH+]2CC[NH+](C(c3ccccc3)c3ccccc3)CC2)no1. The predicted octanol–water partition coefficient (Wildman–Crippen LogP) is 0.883. The first-order chi connectivity index (χ1) is 14.6. The molecule has 1 atom stereocenters. The van der Waals surface area contributed by atoms with E-state index >= 15 is 0 Å². The number of benzene rings is 2. The van der Waals surface area contributed by atoms with Crippen LogP contribution in [-0.2, 0) is 4.79 Å². The number of nitrogens with one attached hydrogen (secondary N) is 3. The minimum atomic E-state index is -0.129. The average Bonchev–Trinajstić information content (AvgIpc) is 3.20. The van der Waals surface area contributed by atoms with Crippen molar-refractivity contribution in [2.45, 2.75) is 25.9 Å². The highest BCUT2D eigenvalue weighted by Crippen LogP contribution is 2.18. The van der Waals surface area contributed by atoms with E-state index in [4.69, 9.17) is 4.52 Å². The molecule has 1 aliphatic heterocycles. The van der Waals surface area contributed by atoms with Gasteiger partial charge in [-0.05, 0) is 13.8 Å². The first kappa shape index (κ1) is 20.3. The van der Waals surface area contributed by atoms with Crippen molar-refractivity contribution in [2.75, 3.05) is 31.5 Å². The fourth-order valence-electron chi connectivity index (χ4n) is 4.41. The van der Waals surface area contributed by atoms with E-state index in [1.807, 2.05) is 13.8 Å². The molecule has 0 aliphatic carbocycles. The van der Waals surface area contributed by atoms with Crippen LogP contribution in [0, 0.1) is 6.92 Å². The molecule has 0 unspecified atom stereocenters. The van der Waals surface area contributed by atoms with Crippen molar-refractivity contribution in [1.29, 1.82) is 0 Å². The summed E-state index contributed by atoms with van der Waals surface area (Å²) in [4.78, 5) is 15.5. The molecule has 0 saturated carbocycles. The van der Waals surface area contributed by atoms with E-state index in [0.29, 0.717) is 17.6 Å². The van der Waals surface area contributed by atoms with E-state index in [2.05, 4.69) is 71.1 Å². The van der Waals surface area contributed by atoms with Crippen LogP contribution in [0.4, 0.5) is 5.82 Å². The largest absolute Gasteiger partial charge is 0.360 e. The van der Waals surface area contributed by atoms with Crippen LogP contribution in [0.1, 0.15) is 29.9 Å². The molecule has 1 amide bonds. The molecule has 2 aromatic carbocycles. The van der Waals surface area contributed by atoms with Crippen molar-refractivity contribution in [3.8, 4) is 0 Å². The predicted molar refractivity (Wildman–Crippen MR) is 115 cm³/mol. The zero-order chi connectivity index (χ0) is 20.9. The molecule has 1 aliphatic rings. The Labute approximate surface area is 177 Å². The second kappa shape index (κ2) is 9.24. The number of aryl methyl sites for hydroxylation is 1. The van der Waals surface area contributed by atoms with Gasteiger partial charge in [-0.1, -0.05) is 65.8 Å². The van der Waals surface area contributed by atoms with Gasteiger partial charge in [-0.15, -0.1) is 0 Å². The normalized spacial score (nSPS) is 20.1. The second-order valence-electron chi connectivity index (χ2n) is 8.10. The summed E-state index contributed by atoms with van der Waals surface area (Å²) >= 11 is 0. The van der Waals surface area contributed by atoms with E-state index in [-0.39, 0.29) is 11.9 Å². The maximum Gasteiger partial charge on any atom is 0.283 e. The summed E-state index contributed by atoms with van der Waals surface area (Å²) in [5, 5.41) is 6.74. The van der Waals surface area contributed by atoms with E-state index < -0.39 is 0 Å². The van der Waals surface area contributed by atoms with Gasteiger partial charge in [0, 0.05) is 17.2 Å². The van der Waals surface area contributed by atoms with Crippen molar-refractivity contribution < 1.29 is 19.1 Å². The Morgan fingerprint density at radius 3 is 1.97 bits per heavy atom. The topological polar surface area (TPSA) is 64.0 Å². The molecule has 3 N–H and O–H groups in total. The molecule has 156 valence electrons. The van der Waals surface area contributed by atoms with E-state index in [0.717, 1.165) is 26.2 Å². The zero-order valence-electron chi connectivity index (χ0n) is 17.6. The lowest BCUT2D eigenvalue weighted by molar-refractivity contribution is -1.03. The standard InChI is InChI=1S/C24H28N4O2/c1-18-17-22(26-30-18)25-24(29)19(2)27-13-15-28(16-14-27)23(20-9-5-3-6-10-20)21-11-7-4-8-12-21/h3-12,17,19,23H,13-16H2,1-2H3,(H,25,26,29)/p+2/t19-/m0/s1. The lowest BCUT2D eigenvalue weighted by Gasteiger charge is -2.36. The lowest BCUT2D eigenvalue weighted by Crippen LogP contribution is -3.30. The van der Waals surface area contributed by atoms with Crippen LogP contribution < -0.4 is 15.1 Å². The van der Waals surface area contributed by atoms with E-state index in [9.17, 15) is 4.79 Å². The number of hydrogen-bond acceptors (Lipinski definition) is 3. The first-order valence-corrected chi connectivity index (χ1v) is 10.6. The number of piperazine rings is 1. The highest BCUT2D eigenvalue weighted by atomic mass is 16.5. The van der Waals surface area contributed by atoms with Crippen LogP contribution in [0.2, 0.25) is 0 Å².